The maximum absolute atomic E-state index is 12.1. The summed E-state index contributed by atoms with van der Waals surface area (Å²) in [5.74, 6) is -0.197. The highest BCUT2D eigenvalue weighted by atomic mass is 35.5. The predicted octanol–water partition coefficient (Wildman–Crippen LogP) is 3.79. The fourth-order valence-corrected chi connectivity index (χ4v) is 1.88. The molecule has 0 atom stereocenters. The summed E-state index contributed by atoms with van der Waals surface area (Å²) < 4.78 is 0. The van der Waals surface area contributed by atoms with Crippen molar-refractivity contribution < 1.29 is 4.79 Å². The average Bonchev–Trinajstić information content (AvgIpc) is 2.37. The SMILES string of the molecule is Cc1ccc(N)c(NC(=O)c2ccc(Cl)c(C)c2)c1. The van der Waals surface area contributed by atoms with Crippen LogP contribution in [0.2, 0.25) is 5.02 Å². The number of carbonyl (C=O) groups excluding carboxylic acids is 1. The number of nitrogens with two attached hydrogens (primary N) is 1. The molecule has 3 N–H and O–H groups in total. The Hall–Kier alpha value is -2.00. The molecule has 0 unspecified atom stereocenters. The van der Waals surface area contributed by atoms with Gasteiger partial charge in [-0.1, -0.05) is 17.7 Å². The van der Waals surface area contributed by atoms with E-state index in [9.17, 15) is 4.79 Å². The Morgan fingerprint density at radius 2 is 1.89 bits per heavy atom. The van der Waals surface area contributed by atoms with Crippen molar-refractivity contribution in [1.29, 1.82) is 0 Å². The van der Waals surface area contributed by atoms with Crippen LogP contribution in [0.3, 0.4) is 0 Å². The lowest BCUT2D eigenvalue weighted by molar-refractivity contribution is 0.102. The molecule has 0 spiro atoms. The third kappa shape index (κ3) is 3.06. The zero-order valence-electron chi connectivity index (χ0n) is 10.8. The minimum atomic E-state index is -0.197. The third-order valence-electron chi connectivity index (χ3n) is 2.88. The van der Waals surface area contributed by atoms with Gasteiger partial charge in [0, 0.05) is 10.6 Å². The molecule has 2 aromatic rings. The van der Waals surface area contributed by atoms with Gasteiger partial charge in [0.25, 0.3) is 5.91 Å². The Kier molecular flexibility index (Phi) is 3.76. The van der Waals surface area contributed by atoms with Crippen LogP contribution in [0.15, 0.2) is 36.4 Å². The summed E-state index contributed by atoms with van der Waals surface area (Å²) in [7, 11) is 0. The second kappa shape index (κ2) is 5.33. The topological polar surface area (TPSA) is 55.1 Å². The lowest BCUT2D eigenvalue weighted by Crippen LogP contribution is -2.13. The fraction of sp³-hybridized carbons (Fsp3) is 0.133. The summed E-state index contributed by atoms with van der Waals surface area (Å²) in [4.78, 5) is 12.1. The molecule has 2 aromatic carbocycles. The zero-order chi connectivity index (χ0) is 14.0. The van der Waals surface area contributed by atoms with Crippen molar-refractivity contribution in [3.8, 4) is 0 Å². The van der Waals surface area contributed by atoms with Gasteiger partial charge in [0.2, 0.25) is 0 Å². The van der Waals surface area contributed by atoms with Crippen molar-refractivity contribution in [2.75, 3.05) is 11.1 Å². The van der Waals surface area contributed by atoms with Gasteiger partial charge in [-0.05, 0) is 55.3 Å². The smallest absolute Gasteiger partial charge is 0.255 e. The molecule has 1 amide bonds. The molecule has 0 radical (unpaired) electrons. The molecule has 0 heterocycles. The van der Waals surface area contributed by atoms with Gasteiger partial charge in [0.05, 0.1) is 11.4 Å². The molecule has 0 aliphatic heterocycles. The first-order valence-corrected chi connectivity index (χ1v) is 6.29. The monoisotopic (exact) mass is 274 g/mol. The van der Waals surface area contributed by atoms with Crippen molar-refractivity contribution in [2.24, 2.45) is 0 Å². The van der Waals surface area contributed by atoms with Crippen LogP contribution < -0.4 is 11.1 Å². The van der Waals surface area contributed by atoms with Gasteiger partial charge in [0.1, 0.15) is 0 Å². The van der Waals surface area contributed by atoms with Gasteiger partial charge in [0.15, 0.2) is 0 Å². The number of benzene rings is 2. The molecule has 2 rings (SSSR count). The van der Waals surface area contributed by atoms with Crippen molar-refractivity contribution >= 4 is 28.9 Å². The zero-order valence-corrected chi connectivity index (χ0v) is 11.6. The van der Waals surface area contributed by atoms with E-state index in [1.54, 1.807) is 24.3 Å². The molecule has 98 valence electrons. The van der Waals surface area contributed by atoms with E-state index in [4.69, 9.17) is 17.3 Å². The number of halogens is 1. The van der Waals surface area contributed by atoms with Gasteiger partial charge >= 0.3 is 0 Å². The Bertz CT molecular complexity index is 638. The minimum absolute atomic E-state index is 0.197. The van der Waals surface area contributed by atoms with E-state index in [2.05, 4.69) is 5.32 Å². The largest absolute Gasteiger partial charge is 0.397 e. The Morgan fingerprint density at radius 3 is 2.58 bits per heavy atom. The Balaban J connectivity index is 2.25. The maximum atomic E-state index is 12.1. The first kappa shape index (κ1) is 13.4. The Morgan fingerprint density at radius 1 is 1.16 bits per heavy atom. The summed E-state index contributed by atoms with van der Waals surface area (Å²) in [5.41, 5.74) is 9.47. The lowest BCUT2D eigenvalue weighted by atomic mass is 10.1. The van der Waals surface area contributed by atoms with Crippen molar-refractivity contribution in [3.05, 3.63) is 58.1 Å². The van der Waals surface area contributed by atoms with Crippen LogP contribution in [0.4, 0.5) is 11.4 Å². The number of nitrogen functional groups attached to an aromatic ring is 1. The van der Waals surface area contributed by atoms with Gasteiger partial charge in [-0.25, -0.2) is 0 Å². The second-order valence-electron chi connectivity index (χ2n) is 4.51. The van der Waals surface area contributed by atoms with E-state index in [0.717, 1.165) is 11.1 Å². The summed E-state index contributed by atoms with van der Waals surface area (Å²) in [6.45, 7) is 3.81. The first-order valence-electron chi connectivity index (χ1n) is 5.91. The summed E-state index contributed by atoms with van der Waals surface area (Å²) in [5, 5.41) is 3.45. The molecule has 0 aromatic heterocycles. The summed E-state index contributed by atoms with van der Waals surface area (Å²) in [6, 6.07) is 10.7. The number of rotatable bonds is 2. The summed E-state index contributed by atoms with van der Waals surface area (Å²) >= 11 is 5.94. The molecular weight excluding hydrogens is 260 g/mol. The minimum Gasteiger partial charge on any atom is -0.397 e. The third-order valence-corrected chi connectivity index (χ3v) is 3.30. The standard InChI is InChI=1S/C15H15ClN2O/c1-9-3-6-13(17)14(7-9)18-15(19)11-4-5-12(16)10(2)8-11/h3-8H,17H2,1-2H3,(H,18,19). The fourth-order valence-electron chi connectivity index (χ4n) is 1.76. The molecular formula is C15H15ClN2O. The number of nitrogens with one attached hydrogen (secondary N) is 1. The van der Waals surface area contributed by atoms with Crippen LogP contribution in [0.5, 0.6) is 0 Å². The number of carbonyl (C=O) groups is 1. The van der Waals surface area contributed by atoms with Crippen molar-refractivity contribution in [1.82, 2.24) is 0 Å². The van der Waals surface area contributed by atoms with Gasteiger partial charge in [-0.3, -0.25) is 4.79 Å². The molecule has 0 fully saturated rings. The molecule has 0 saturated heterocycles. The first-order chi connectivity index (χ1) is 8.97. The molecule has 0 bridgehead atoms. The van der Waals surface area contributed by atoms with Crippen LogP contribution in [0, 0.1) is 13.8 Å². The molecule has 4 heteroatoms. The number of hydrogen-bond donors (Lipinski definition) is 2. The van der Waals surface area contributed by atoms with Crippen molar-refractivity contribution in [3.63, 3.8) is 0 Å². The number of anilines is 2. The van der Waals surface area contributed by atoms with E-state index in [1.165, 1.54) is 0 Å². The van der Waals surface area contributed by atoms with E-state index < -0.39 is 0 Å². The van der Waals surface area contributed by atoms with Crippen LogP contribution in [0.1, 0.15) is 21.5 Å². The van der Waals surface area contributed by atoms with E-state index >= 15 is 0 Å². The summed E-state index contributed by atoms with van der Waals surface area (Å²) in [6.07, 6.45) is 0. The van der Waals surface area contributed by atoms with Crippen LogP contribution >= 0.6 is 11.6 Å². The quantitative estimate of drug-likeness (QED) is 0.819. The van der Waals surface area contributed by atoms with E-state index in [-0.39, 0.29) is 5.91 Å². The second-order valence-corrected chi connectivity index (χ2v) is 4.92. The highest BCUT2D eigenvalue weighted by molar-refractivity contribution is 6.31. The highest BCUT2D eigenvalue weighted by Gasteiger charge is 2.09. The molecule has 3 nitrogen and oxygen atoms in total. The van der Waals surface area contributed by atoms with E-state index in [1.807, 2.05) is 26.0 Å². The number of hydrogen-bond acceptors (Lipinski definition) is 2. The predicted molar refractivity (Wildman–Crippen MR) is 79.7 cm³/mol. The van der Waals surface area contributed by atoms with Crippen LogP contribution in [0.25, 0.3) is 0 Å². The Labute approximate surface area is 117 Å². The molecule has 0 aliphatic carbocycles. The average molecular weight is 275 g/mol. The molecule has 19 heavy (non-hydrogen) atoms. The lowest BCUT2D eigenvalue weighted by Gasteiger charge is -2.10. The van der Waals surface area contributed by atoms with Crippen molar-refractivity contribution in [2.45, 2.75) is 13.8 Å². The number of aryl methyl sites for hydroxylation is 2. The van der Waals surface area contributed by atoms with Gasteiger partial charge < -0.3 is 11.1 Å². The van der Waals surface area contributed by atoms with E-state index in [0.29, 0.717) is 22.0 Å². The number of amides is 1. The van der Waals surface area contributed by atoms with Crippen LogP contribution in [-0.2, 0) is 0 Å². The van der Waals surface area contributed by atoms with Gasteiger partial charge in [-0.2, -0.15) is 0 Å². The maximum Gasteiger partial charge on any atom is 0.255 e. The molecule has 0 saturated carbocycles. The highest BCUT2D eigenvalue weighted by Crippen LogP contribution is 2.21. The van der Waals surface area contributed by atoms with Gasteiger partial charge in [-0.15, -0.1) is 0 Å². The van der Waals surface area contributed by atoms with Crippen LogP contribution in [-0.4, -0.2) is 5.91 Å². The molecule has 0 aliphatic rings. The normalized spacial score (nSPS) is 10.3.